The maximum absolute atomic E-state index is 12.8. The first-order valence-corrected chi connectivity index (χ1v) is 8.24. The Bertz CT molecular complexity index is 464. The van der Waals surface area contributed by atoms with Crippen molar-refractivity contribution < 1.29 is 4.79 Å². The minimum absolute atomic E-state index is 0.0338. The molecule has 1 unspecified atom stereocenters. The van der Waals surface area contributed by atoms with E-state index in [0.717, 1.165) is 49.2 Å². The molecule has 21 heavy (non-hydrogen) atoms. The smallest absolute Gasteiger partial charge is 0.241 e. The van der Waals surface area contributed by atoms with E-state index in [9.17, 15) is 4.79 Å². The van der Waals surface area contributed by atoms with Crippen LogP contribution in [-0.2, 0) is 4.79 Å². The average molecular weight is 288 g/mol. The largest absolute Gasteiger partial charge is 0.324 e. The number of para-hydroxylation sites is 1. The topological polar surface area (TPSA) is 32.3 Å². The fourth-order valence-corrected chi connectivity index (χ4v) is 3.24. The summed E-state index contributed by atoms with van der Waals surface area (Å²) in [5.74, 6) is 0.169. The number of nitrogens with zero attached hydrogens (tertiary/aromatic N) is 1. The van der Waals surface area contributed by atoms with Gasteiger partial charge in [-0.25, -0.2) is 0 Å². The number of carbonyl (C=O) groups excluding carboxylic acids is 1. The van der Waals surface area contributed by atoms with Crippen molar-refractivity contribution in [3.63, 3.8) is 0 Å². The number of hydrogen-bond donors (Lipinski definition) is 1. The first-order valence-electron chi connectivity index (χ1n) is 8.24. The van der Waals surface area contributed by atoms with Crippen LogP contribution in [0.4, 0.5) is 5.69 Å². The van der Waals surface area contributed by atoms with E-state index in [0.29, 0.717) is 0 Å². The van der Waals surface area contributed by atoms with Gasteiger partial charge in [-0.1, -0.05) is 38.0 Å². The van der Waals surface area contributed by atoms with Crippen molar-refractivity contribution in [1.82, 2.24) is 4.90 Å². The van der Waals surface area contributed by atoms with E-state index in [1.165, 1.54) is 12.8 Å². The van der Waals surface area contributed by atoms with Crippen molar-refractivity contribution in [3.05, 3.63) is 29.3 Å². The summed E-state index contributed by atoms with van der Waals surface area (Å²) in [6.45, 7) is 8.37. The molecule has 1 atom stereocenters. The van der Waals surface area contributed by atoms with Gasteiger partial charge in [0.15, 0.2) is 0 Å². The van der Waals surface area contributed by atoms with Gasteiger partial charge < -0.3 is 5.32 Å². The second kappa shape index (κ2) is 7.60. The SMILES string of the molecule is CCCN1CCCCCC1C(=O)Nc1c(C)cccc1C. The van der Waals surface area contributed by atoms with Crippen LogP contribution in [-0.4, -0.2) is 29.9 Å². The van der Waals surface area contributed by atoms with Crippen LogP contribution in [0, 0.1) is 13.8 Å². The summed E-state index contributed by atoms with van der Waals surface area (Å²) in [4.78, 5) is 15.1. The van der Waals surface area contributed by atoms with Crippen LogP contribution in [0.25, 0.3) is 0 Å². The highest BCUT2D eigenvalue weighted by Gasteiger charge is 2.27. The number of carbonyl (C=O) groups is 1. The third-order valence-corrected chi connectivity index (χ3v) is 4.41. The number of anilines is 1. The number of amides is 1. The van der Waals surface area contributed by atoms with E-state index in [-0.39, 0.29) is 11.9 Å². The highest BCUT2D eigenvalue weighted by atomic mass is 16.2. The lowest BCUT2D eigenvalue weighted by atomic mass is 10.1. The molecule has 1 amide bonds. The molecule has 1 heterocycles. The van der Waals surface area contributed by atoms with E-state index >= 15 is 0 Å². The monoisotopic (exact) mass is 288 g/mol. The minimum Gasteiger partial charge on any atom is -0.324 e. The normalized spacial score (nSPS) is 20.0. The molecule has 0 aromatic heterocycles. The predicted molar refractivity (Wildman–Crippen MR) is 88.7 cm³/mol. The fraction of sp³-hybridized carbons (Fsp3) is 0.611. The number of likely N-dealkylation sites (tertiary alicyclic amines) is 1. The lowest BCUT2D eigenvalue weighted by Crippen LogP contribution is -2.44. The molecule has 1 N–H and O–H groups in total. The van der Waals surface area contributed by atoms with Gasteiger partial charge in [-0.3, -0.25) is 9.69 Å². The van der Waals surface area contributed by atoms with Crippen LogP contribution in [0.5, 0.6) is 0 Å². The van der Waals surface area contributed by atoms with Gasteiger partial charge in [-0.05, 0) is 57.3 Å². The lowest BCUT2D eigenvalue weighted by molar-refractivity contribution is -0.121. The molecule has 0 radical (unpaired) electrons. The van der Waals surface area contributed by atoms with E-state index in [1.54, 1.807) is 0 Å². The van der Waals surface area contributed by atoms with Gasteiger partial charge in [-0.2, -0.15) is 0 Å². The molecular formula is C18H28N2O. The van der Waals surface area contributed by atoms with E-state index in [1.807, 2.05) is 6.07 Å². The van der Waals surface area contributed by atoms with E-state index in [2.05, 4.69) is 43.1 Å². The zero-order valence-electron chi connectivity index (χ0n) is 13.6. The molecule has 1 saturated heterocycles. The van der Waals surface area contributed by atoms with Crippen LogP contribution in [0.1, 0.15) is 50.2 Å². The van der Waals surface area contributed by atoms with Gasteiger partial charge in [0.2, 0.25) is 5.91 Å². The first kappa shape index (κ1) is 16.0. The summed E-state index contributed by atoms with van der Waals surface area (Å²) >= 11 is 0. The molecule has 3 nitrogen and oxygen atoms in total. The molecule has 1 aromatic rings. The molecule has 116 valence electrons. The second-order valence-corrected chi connectivity index (χ2v) is 6.16. The Morgan fingerprint density at radius 3 is 2.62 bits per heavy atom. The van der Waals surface area contributed by atoms with Crippen LogP contribution in [0.3, 0.4) is 0 Å². The van der Waals surface area contributed by atoms with Crippen molar-refractivity contribution in [3.8, 4) is 0 Å². The summed E-state index contributed by atoms with van der Waals surface area (Å²) in [6, 6.07) is 6.18. The summed E-state index contributed by atoms with van der Waals surface area (Å²) in [5, 5.41) is 3.18. The zero-order chi connectivity index (χ0) is 15.2. The Hall–Kier alpha value is -1.35. The third-order valence-electron chi connectivity index (χ3n) is 4.41. The quantitative estimate of drug-likeness (QED) is 0.911. The molecule has 2 rings (SSSR count). The molecular weight excluding hydrogens is 260 g/mol. The van der Waals surface area contributed by atoms with Gasteiger partial charge >= 0.3 is 0 Å². The number of benzene rings is 1. The summed E-state index contributed by atoms with van der Waals surface area (Å²) in [6.07, 6.45) is 5.70. The fourth-order valence-electron chi connectivity index (χ4n) is 3.24. The lowest BCUT2D eigenvalue weighted by Gasteiger charge is -2.29. The Kier molecular flexibility index (Phi) is 5.80. The van der Waals surface area contributed by atoms with Crippen molar-refractivity contribution in [2.45, 2.75) is 58.9 Å². The maximum Gasteiger partial charge on any atom is 0.241 e. The Balaban J connectivity index is 2.13. The summed E-state index contributed by atoms with van der Waals surface area (Å²) in [7, 11) is 0. The van der Waals surface area contributed by atoms with Gasteiger partial charge in [0, 0.05) is 5.69 Å². The molecule has 3 heteroatoms. The Labute approximate surface area is 128 Å². The maximum atomic E-state index is 12.8. The van der Waals surface area contributed by atoms with Crippen molar-refractivity contribution in [2.24, 2.45) is 0 Å². The van der Waals surface area contributed by atoms with E-state index < -0.39 is 0 Å². The molecule has 0 bridgehead atoms. The minimum atomic E-state index is 0.0338. The standard InChI is InChI=1S/C18H28N2O/c1-4-12-20-13-7-5-6-11-16(20)18(21)19-17-14(2)9-8-10-15(17)3/h8-10,16H,4-7,11-13H2,1-3H3,(H,19,21). The summed E-state index contributed by atoms with van der Waals surface area (Å²) < 4.78 is 0. The van der Waals surface area contributed by atoms with Crippen molar-refractivity contribution in [2.75, 3.05) is 18.4 Å². The molecule has 1 aliphatic rings. The second-order valence-electron chi connectivity index (χ2n) is 6.16. The first-order chi connectivity index (χ1) is 10.1. The molecule has 1 aliphatic heterocycles. The van der Waals surface area contributed by atoms with Crippen LogP contribution >= 0.6 is 0 Å². The third kappa shape index (κ3) is 4.07. The van der Waals surface area contributed by atoms with Gasteiger partial charge in [-0.15, -0.1) is 0 Å². The molecule has 0 aliphatic carbocycles. The van der Waals surface area contributed by atoms with Crippen LogP contribution in [0.15, 0.2) is 18.2 Å². The Morgan fingerprint density at radius 2 is 1.95 bits per heavy atom. The number of aryl methyl sites for hydroxylation is 2. The highest BCUT2D eigenvalue weighted by Crippen LogP contribution is 2.22. The van der Waals surface area contributed by atoms with Crippen molar-refractivity contribution >= 4 is 11.6 Å². The molecule has 1 aromatic carbocycles. The van der Waals surface area contributed by atoms with E-state index in [4.69, 9.17) is 0 Å². The summed E-state index contributed by atoms with van der Waals surface area (Å²) in [5.41, 5.74) is 3.27. The number of nitrogens with one attached hydrogen (secondary N) is 1. The predicted octanol–water partition coefficient (Wildman–Crippen LogP) is 3.90. The van der Waals surface area contributed by atoms with Gasteiger partial charge in [0.05, 0.1) is 6.04 Å². The number of rotatable bonds is 4. The van der Waals surface area contributed by atoms with Gasteiger partial charge in [0.25, 0.3) is 0 Å². The van der Waals surface area contributed by atoms with Gasteiger partial charge in [0.1, 0.15) is 0 Å². The Morgan fingerprint density at radius 1 is 1.24 bits per heavy atom. The zero-order valence-corrected chi connectivity index (χ0v) is 13.6. The van der Waals surface area contributed by atoms with Crippen molar-refractivity contribution in [1.29, 1.82) is 0 Å². The van der Waals surface area contributed by atoms with Crippen LogP contribution < -0.4 is 5.32 Å². The molecule has 0 spiro atoms. The average Bonchev–Trinajstić information content (AvgIpc) is 2.69. The van der Waals surface area contributed by atoms with Crippen LogP contribution in [0.2, 0.25) is 0 Å². The molecule has 1 fully saturated rings. The number of hydrogen-bond acceptors (Lipinski definition) is 2. The highest BCUT2D eigenvalue weighted by molar-refractivity contribution is 5.96. The molecule has 0 saturated carbocycles.